The van der Waals surface area contributed by atoms with Crippen LogP contribution in [0.4, 0.5) is 0 Å². The second kappa shape index (κ2) is 46.6. The number of hydrogen-bond donors (Lipinski definition) is 6. The van der Waals surface area contributed by atoms with Crippen molar-refractivity contribution in [2.75, 3.05) is 13.2 Å². The van der Waals surface area contributed by atoms with Crippen LogP contribution < -0.4 is 5.32 Å². The van der Waals surface area contributed by atoms with Crippen molar-refractivity contribution in [3.05, 3.63) is 109 Å². The molecule has 0 aromatic heterocycles. The molecule has 0 aromatic rings. The molecule has 9 nitrogen and oxygen atoms in total. The topological polar surface area (TPSA) is 149 Å². The number of rotatable bonds is 43. The summed E-state index contributed by atoms with van der Waals surface area (Å²) in [5.41, 5.74) is 0. The van der Waals surface area contributed by atoms with Crippen LogP contribution in [0.3, 0.4) is 0 Å². The number of nitrogens with one attached hydrogen (secondary N) is 1. The van der Waals surface area contributed by atoms with Gasteiger partial charge in [0.2, 0.25) is 5.91 Å². The number of unbranched alkanes of at least 4 members (excludes halogenated alkanes) is 15. The summed E-state index contributed by atoms with van der Waals surface area (Å²) in [7, 11) is 0. The Morgan fingerprint density at radius 1 is 0.522 bits per heavy atom. The largest absolute Gasteiger partial charge is 0.394 e. The first-order valence-corrected chi connectivity index (χ1v) is 26.6. The molecule has 7 unspecified atom stereocenters. The van der Waals surface area contributed by atoms with Gasteiger partial charge < -0.3 is 40.3 Å². The molecule has 67 heavy (non-hydrogen) atoms. The number of ether oxygens (including phenoxy) is 2. The second-order valence-corrected chi connectivity index (χ2v) is 17.9. The monoisotopic (exact) mass is 936 g/mol. The van der Waals surface area contributed by atoms with Crippen molar-refractivity contribution in [1.29, 1.82) is 0 Å². The SMILES string of the molecule is CC/C=C\C/C=C\C/C=C\C/C=C\C/C=C\C/C=C\C/C=C\C/C=C\C/C=C\CCCCCCCC(=O)NC(COC1OC(CO)C(O)C(O)C1O)C(O)CCCCCCCCCCCCC. The molecule has 1 fully saturated rings. The van der Waals surface area contributed by atoms with E-state index in [9.17, 15) is 30.3 Å². The molecule has 1 amide bonds. The van der Waals surface area contributed by atoms with Gasteiger partial charge in [-0.1, -0.05) is 213 Å². The number of carbonyl (C=O) groups is 1. The number of aliphatic hydroxyl groups is 5. The first-order valence-electron chi connectivity index (χ1n) is 26.6. The van der Waals surface area contributed by atoms with Crippen LogP contribution in [-0.4, -0.2) is 87.5 Å². The van der Waals surface area contributed by atoms with E-state index in [0.717, 1.165) is 116 Å². The van der Waals surface area contributed by atoms with E-state index in [1.165, 1.54) is 51.4 Å². The van der Waals surface area contributed by atoms with Crippen LogP contribution in [0.15, 0.2) is 109 Å². The first kappa shape index (κ1) is 61.9. The zero-order valence-corrected chi connectivity index (χ0v) is 42.1. The number of amides is 1. The van der Waals surface area contributed by atoms with E-state index >= 15 is 0 Å². The molecular formula is C58H97NO8. The van der Waals surface area contributed by atoms with Gasteiger partial charge in [0.1, 0.15) is 24.4 Å². The lowest BCUT2D eigenvalue weighted by Crippen LogP contribution is -2.60. The first-order chi connectivity index (χ1) is 32.8. The van der Waals surface area contributed by atoms with Gasteiger partial charge in [-0.15, -0.1) is 0 Å². The summed E-state index contributed by atoms with van der Waals surface area (Å²) in [5.74, 6) is -0.170. The molecule has 1 aliphatic heterocycles. The van der Waals surface area contributed by atoms with Crippen molar-refractivity contribution >= 4 is 5.91 Å². The minimum atomic E-state index is -1.56. The third kappa shape index (κ3) is 36.5. The van der Waals surface area contributed by atoms with Gasteiger partial charge in [-0.25, -0.2) is 0 Å². The molecule has 0 spiro atoms. The maximum Gasteiger partial charge on any atom is 0.220 e. The number of hydrogen-bond acceptors (Lipinski definition) is 8. The average molecular weight is 936 g/mol. The molecule has 0 bridgehead atoms. The van der Waals surface area contributed by atoms with Gasteiger partial charge in [-0.2, -0.15) is 0 Å². The minimum absolute atomic E-state index is 0.153. The summed E-state index contributed by atoms with van der Waals surface area (Å²) >= 11 is 0. The van der Waals surface area contributed by atoms with Crippen LogP contribution in [0.2, 0.25) is 0 Å². The summed E-state index contributed by atoms with van der Waals surface area (Å²) in [4.78, 5) is 13.0. The highest BCUT2D eigenvalue weighted by molar-refractivity contribution is 5.76. The van der Waals surface area contributed by atoms with Crippen LogP contribution >= 0.6 is 0 Å². The number of allylic oxidation sites excluding steroid dienone is 18. The molecule has 7 atom stereocenters. The maximum absolute atomic E-state index is 13.0. The van der Waals surface area contributed by atoms with Gasteiger partial charge in [-0.3, -0.25) is 4.79 Å². The van der Waals surface area contributed by atoms with Crippen LogP contribution in [-0.2, 0) is 14.3 Å². The molecular weight excluding hydrogens is 839 g/mol. The zero-order valence-electron chi connectivity index (χ0n) is 42.1. The van der Waals surface area contributed by atoms with Gasteiger partial charge in [0.05, 0.1) is 25.4 Å². The van der Waals surface area contributed by atoms with E-state index in [1.807, 2.05) is 0 Å². The highest BCUT2D eigenvalue weighted by Crippen LogP contribution is 2.23. The fraction of sp³-hybridized carbons (Fsp3) is 0.672. The summed E-state index contributed by atoms with van der Waals surface area (Å²) in [6, 6.07) is -0.736. The van der Waals surface area contributed by atoms with Crippen molar-refractivity contribution in [2.24, 2.45) is 0 Å². The van der Waals surface area contributed by atoms with Gasteiger partial charge in [0, 0.05) is 6.42 Å². The predicted octanol–water partition coefficient (Wildman–Crippen LogP) is 12.6. The molecule has 6 N–H and O–H groups in total. The Hall–Kier alpha value is -3.15. The van der Waals surface area contributed by atoms with Crippen molar-refractivity contribution in [3.8, 4) is 0 Å². The maximum atomic E-state index is 13.0. The molecule has 1 aliphatic rings. The highest BCUT2D eigenvalue weighted by Gasteiger charge is 2.44. The molecule has 0 radical (unpaired) electrons. The molecule has 1 heterocycles. The predicted molar refractivity (Wildman–Crippen MR) is 281 cm³/mol. The Bertz CT molecular complexity index is 1410. The minimum Gasteiger partial charge on any atom is -0.394 e. The van der Waals surface area contributed by atoms with Gasteiger partial charge in [0.15, 0.2) is 6.29 Å². The van der Waals surface area contributed by atoms with Crippen LogP contribution in [0.1, 0.15) is 194 Å². The Labute approximate surface area is 408 Å². The van der Waals surface area contributed by atoms with Gasteiger partial charge in [-0.05, 0) is 83.5 Å². The second-order valence-electron chi connectivity index (χ2n) is 17.9. The molecule has 9 heteroatoms. The highest BCUT2D eigenvalue weighted by atomic mass is 16.7. The van der Waals surface area contributed by atoms with E-state index in [0.29, 0.717) is 12.8 Å². The zero-order chi connectivity index (χ0) is 48.7. The molecule has 0 aliphatic carbocycles. The van der Waals surface area contributed by atoms with E-state index < -0.39 is 49.5 Å². The summed E-state index contributed by atoms with van der Waals surface area (Å²) in [6.45, 7) is 3.68. The van der Waals surface area contributed by atoms with Gasteiger partial charge >= 0.3 is 0 Å². The third-order valence-corrected chi connectivity index (χ3v) is 11.9. The number of carbonyl (C=O) groups excluding carboxylic acids is 1. The Morgan fingerprint density at radius 3 is 1.37 bits per heavy atom. The normalized spacial score (nSPS) is 20.6. The third-order valence-electron chi connectivity index (χ3n) is 11.9. The van der Waals surface area contributed by atoms with Crippen LogP contribution in [0.5, 0.6) is 0 Å². The summed E-state index contributed by atoms with van der Waals surface area (Å²) in [6.07, 6.45) is 61.1. The van der Waals surface area contributed by atoms with E-state index in [4.69, 9.17) is 9.47 Å². The van der Waals surface area contributed by atoms with Crippen molar-refractivity contribution < 1.29 is 39.8 Å². The fourth-order valence-electron chi connectivity index (χ4n) is 7.68. The van der Waals surface area contributed by atoms with Crippen LogP contribution in [0.25, 0.3) is 0 Å². The fourth-order valence-corrected chi connectivity index (χ4v) is 7.68. The smallest absolute Gasteiger partial charge is 0.220 e. The van der Waals surface area contributed by atoms with Crippen molar-refractivity contribution in [1.82, 2.24) is 5.32 Å². The number of aliphatic hydroxyl groups excluding tert-OH is 5. The Balaban J connectivity index is 2.22. The Kier molecular flexibility index (Phi) is 43.0. The molecule has 0 aromatic carbocycles. The lowest BCUT2D eigenvalue weighted by atomic mass is 9.99. The van der Waals surface area contributed by atoms with Crippen molar-refractivity contribution in [2.45, 2.75) is 236 Å². The quantitative estimate of drug-likeness (QED) is 0.0261. The summed E-state index contributed by atoms with van der Waals surface area (Å²) in [5, 5.41) is 54.4. The lowest BCUT2D eigenvalue weighted by Gasteiger charge is -2.40. The lowest BCUT2D eigenvalue weighted by molar-refractivity contribution is -0.302. The van der Waals surface area contributed by atoms with Gasteiger partial charge in [0.25, 0.3) is 0 Å². The Morgan fingerprint density at radius 2 is 0.925 bits per heavy atom. The molecule has 1 rings (SSSR count). The van der Waals surface area contributed by atoms with E-state index in [2.05, 4.69) is 129 Å². The van der Waals surface area contributed by atoms with E-state index in [-0.39, 0.29) is 12.5 Å². The van der Waals surface area contributed by atoms with Crippen LogP contribution in [0, 0.1) is 0 Å². The summed E-state index contributed by atoms with van der Waals surface area (Å²) < 4.78 is 11.3. The van der Waals surface area contributed by atoms with E-state index in [1.54, 1.807) is 0 Å². The standard InChI is InChI=1S/C58H97NO8/c1-3-5-7-9-11-13-15-16-17-18-19-20-21-22-23-24-25-26-27-28-29-30-31-32-33-34-35-36-38-40-42-44-46-48-54(62)59-51(50-66-58-57(65)56(64)55(63)53(49-60)67-58)52(61)47-45-43-41-39-37-14-12-10-8-6-4-2/h5,7,11,13,16-17,19-20,22-23,25-26,28-29,31-32,34-35,51-53,55-58,60-61,63-65H,3-4,6,8-10,12,14-15,18,21,24,27,30,33,36-50H2,1-2H3,(H,59,62)/b7-5-,13-11-,17-16-,20-19-,23-22-,26-25-,29-28-,32-31-,35-34-. The molecule has 382 valence electrons. The average Bonchev–Trinajstić information content (AvgIpc) is 3.33. The van der Waals surface area contributed by atoms with Crippen molar-refractivity contribution in [3.63, 3.8) is 0 Å². The molecule has 1 saturated heterocycles. The molecule has 0 saturated carbocycles.